The van der Waals surface area contributed by atoms with Gasteiger partial charge in [-0.1, -0.05) is 0 Å². The van der Waals surface area contributed by atoms with Crippen molar-refractivity contribution in [3.8, 4) is 0 Å². The van der Waals surface area contributed by atoms with Crippen molar-refractivity contribution in [2.45, 2.75) is 39.2 Å². The van der Waals surface area contributed by atoms with Gasteiger partial charge in [-0.25, -0.2) is 0 Å². The Morgan fingerprint density at radius 3 is 2.47 bits per heavy atom. The molecule has 2 fully saturated rings. The molecule has 1 aromatic rings. The molecule has 2 aliphatic carbocycles. The Morgan fingerprint density at radius 2 is 1.93 bits per heavy atom. The molecule has 2 heteroatoms. The third-order valence-electron chi connectivity index (χ3n) is 4.17. The molecule has 3 rings (SSSR count). The van der Waals surface area contributed by atoms with Crippen LogP contribution >= 0.6 is 11.3 Å². The summed E-state index contributed by atoms with van der Waals surface area (Å²) < 4.78 is 0. The smallest absolute Gasteiger partial charge is 0.0421 e. The summed E-state index contributed by atoms with van der Waals surface area (Å²) in [5, 5.41) is 0. The van der Waals surface area contributed by atoms with Crippen molar-refractivity contribution < 1.29 is 0 Å². The van der Waals surface area contributed by atoms with Crippen molar-refractivity contribution in [2.75, 3.05) is 0 Å². The molecule has 0 radical (unpaired) electrons. The first-order chi connectivity index (χ1) is 7.15. The first kappa shape index (κ1) is 9.86. The molecule has 0 saturated heterocycles. The van der Waals surface area contributed by atoms with Crippen LogP contribution in [0.1, 0.15) is 40.6 Å². The number of aryl methyl sites for hydroxylation is 2. The molecule has 0 aliphatic heterocycles. The van der Waals surface area contributed by atoms with Crippen LogP contribution < -0.4 is 5.73 Å². The lowest BCUT2D eigenvalue weighted by atomic mass is 9.93. The molecular formula is C13H19NS. The number of hydrogen-bond donors (Lipinski definition) is 1. The molecular weight excluding hydrogens is 202 g/mol. The van der Waals surface area contributed by atoms with Crippen molar-refractivity contribution in [3.05, 3.63) is 21.4 Å². The van der Waals surface area contributed by atoms with Gasteiger partial charge in [-0.2, -0.15) is 0 Å². The standard InChI is InChI=1S/C13H19NS/c1-7-3-8(2)15-13(7)12(14)11-5-9-4-10(9)6-11/h3,9-12H,4-6,14H2,1-2H3. The zero-order valence-corrected chi connectivity index (χ0v) is 10.3. The van der Waals surface area contributed by atoms with Crippen LogP contribution in [0.15, 0.2) is 6.07 Å². The van der Waals surface area contributed by atoms with E-state index >= 15 is 0 Å². The predicted octanol–water partition coefficient (Wildman–Crippen LogP) is 3.41. The lowest BCUT2D eigenvalue weighted by molar-refractivity contribution is 0.407. The first-order valence-corrected chi connectivity index (χ1v) is 6.79. The minimum Gasteiger partial charge on any atom is -0.323 e. The molecule has 0 amide bonds. The van der Waals surface area contributed by atoms with Gasteiger partial charge in [0, 0.05) is 15.8 Å². The summed E-state index contributed by atoms with van der Waals surface area (Å²) >= 11 is 1.90. The fourth-order valence-corrected chi connectivity index (χ4v) is 4.39. The number of fused-ring (bicyclic) bond motifs is 1. The van der Waals surface area contributed by atoms with Crippen LogP contribution in [0.25, 0.3) is 0 Å². The first-order valence-electron chi connectivity index (χ1n) is 5.97. The Bertz CT molecular complexity index is 372. The minimum atomic E-state index is 0.316. The van der Waals surface area contributed by atoms with E-state index in [1.165, 1.54) is 34.6 Å². The van der Waals surface area contributed by atoms with Crippen molar-refractivity contribution in [1.82, 2.24) is 0 Å². The summed E-state index contributed by atoms with van der Waals surface area (Å²) in [7, 11) is 0. The van der Waals surface area contributed by atoms with Crippen molar-refractivity contribution in [2.24, 2.45) is 23.5 Å². The average Bonchev–Trinajstić information content (AvgIpc) is 2.65. The molecule has 2 aliphatic rings. The Labute approximate surface area is 95.7 Å². The van der Waals surface area contributed by atoms with Gasteiger partial charge in [-0.15, -0.1) is 11.3 Å². The van der Waals surface area contributed by atoms with Crippen LogP contribution in [0.5, 0.6) is 0 Å². The summed E-state index contributed by atoms with van der Waals surface area (Å²) in [5.41, 5.74) is 7.82. The fraction of sp³-hybridized carbons (Fsp3) is 0.692. The van der Waals surface area contributed by atoms with Gasteiger partial charge in [0.1, 0.15) is 0 Å². The zero-order chi connectivity index (χ0) is 10.6. The highest BCUT2D eigenvalue weighted by Gasteiger charge is 2.47. The predicted molar refractivity (Wildman–Crippen MR) is 65.0 cm³/mol. The van der Waals surface area contributed by atoms with E-state index < -0.39 is 0 Å². The maximum atomic E-state index is 6.41. The molecule has 1 heterocycles. The van der Waals surface area contributed by atoms with Gasteiger partial charge in [0.2, 0.25) is 0 Å². The summed E-state index contributed by atoms with van der Waals surface area (Å²) in [4.78, 5) is 2.85. The minimum absolute atomic E-state index is 0.316. The van der Waals surface area contributed by atoms with Gasteiger partial charge >= 0.3 is 0 Å². The molecule has 0 bridgehead atoms. The van der Waals surface area contributed by atoms with Crippen molar-refractivity contribution in [1.29, 1.82) is 0 Å². The molecule has 3 unspecified atom stereocenters. The molecule has 82 valence electrons. The second-order valence-corrected chi connectivity index (χ2v) is 6.71. The third kappa shape index (κ3) is 1.64. The molecule has 0 aromatic carbocycles. The lowest BCUT2D eigenvalue weighted by Gasteiger charge is -2.20. The van der Waals surface area contributed by atoms with Crippen LogP contribution in [0.4, 0.5) is 0 Å². The van der Waals surface area contributed by atoms with E-state index in [1.807, 2.05) is 11.3 Å². The summed E-state index contributed by atoms with van der Waals surface area (Å²) in [6.07, 6.45) is 4.27. The Hall–Kier alpha value is -0.340. The molecule has 1 nitrogen and oxygen atoms in total. The largest absolute Gasteiger partial charge is 0.323 e. The topological polar surface area (TPSA) is 26.0 Å². The van der Waals surface area contributed by atoms with Crippen LogP contribution in [0.3, 0.4) is 0 Å². The monoisotopic (exact) mass is 221 g/mol. The van der Waals surface area contributed by atoms with E-state index in [0.717, 1.165) is 17.8 Å². The van der Waals surface area contributed by atoms with E-state index in [9.17, 15) is 0 Å². The number of thiophene rings is 1. The maximum absolute atomic E-state index is 6.41. The van der Waals surface area contributed by atoms with Crippen molar-refractivity contribution >= 4 is 11.3 Å². The van der Waals surface area contributed by atoms with E-state index in [2.05, 4.69) is 19.9 Å². The Morgan fingerprint density at radius 1 is 1.27 bits per heavy atom. The maximum Gasteiger partial charge on any atom is 0.0421 e. The van der Waals surface area contributed by atoms with Gasteiger partial charge in [0.25, 0.3) is 0 Å². The van der Waals surface area contributed by atoms with E-state index in [0.29, 0.717) is 6.04 Å². The van der Waals surface area contributed by atoms with Crippen LogP contribution in [-0.2, 0) is 0 Å². The highest BCUT2D eigenvalue weighted by atomic mass is 32.1. The third-order valence-corrected chi connectivity index (χ3v) is 5.42. The second kappa shape index (κ2) is 3.33. The van der Waals surface area contributed by atoms with Gasteiger partial charge in [-0.05, 0) is 62.5 Å². The van der Waals surface area contributed by atoms with Crippen molar-refractivity contribution in [3.63, 3.8) is 0 Å². The molecule has 15 heavy (non-hydrogen) atoms. The van der Waals surface area contributed by atoms with Crippen LogP contribution in [-0.4, -0.2) is 0 Å². The second-order valence-electron chi connectivity index (χ2n) is 5.42. The highest BCUT2D eigenvalue weighted by Crippen LogP contribution is 2.57. The molecule has 1 aromatic heterocycles. The number of rotatable bonds is 2. The van der Waals surface area contributed by atoms with Gasteiger partial charge in [0.05, 0.1) is 0 Å². The molecule has 2 saturated carbocycles. The van der Waals surface area contributed by atoms with E-state index in [1.54, 1.807) is 0 Å². The number of hydrogen-bond acceptors (Lipinski definition) is 2. The summed E-state index contributed by atoms with van der Waals surface area (Å²) in [6.45, 7) is 4.38. The van der Waals surface area contributed by atoms with Gasteiger partial charge in [0.15, 0.2) is 0 Å². The summed E-state index contributed by atoms with van der Waals surface area (Å²) in [6, 6.07) is 2.59. The Balaban J connectivity index is 1.78. The Kier molecular flexibility index (Phi) is 2.18. The lowest BCUT2D eigenvalue weighted by Crippen LogP contribution is -2.19. The zero-order valence-electron chi connectivity index (χ0n) is 9.49. The molecule has 3 atom stereocenters. The van der Waals surface area contributed by atoms with Gasteiger partial charge < -0.3 is 5.73 Å². The normalized spacial score (nSPS) is 35.3. The van der Waals surface area contributed by atoms with Crippen LogP contribution in [0, 0.1) is 31.6 Å². The SMILES string of the molecule is Cc1cc(C)c(C(N)C2CC3CC3C2)s1. The fourth-order valence-electron chi connectivity index (χ4n) is 3.26. The average molecular weight is 221 g/mol. The van der Waals surface area contributed by atoms with E-state index in [-0.39, 0.29) is 0 Å². The van der Waals surface area contributed by atoms with Gasteiger partial charge in [-0.3, -0.25) is 0 Å². The molecule has 0 spiro atoms. The highest BCUT2D eigenvalue weighted by molar-refractivity contribution is 7.12. The summed E-state index contributed by atoms with van der Waals surface area (Å²) in [5.74, 6) is 2.86. The molecule has 2 N–H and O–H groups in total. The number of nitrogens with two attached hydrogens (primary N) is 1. The quantitative estimate of drug-likeness (QED) is 0.813. The van der Waals surface area contributed by atoms with E-state index in [4.69, 9.17) is 5.73 Å². The van der Waals surface area contributed by atoms with Crippen LogP contribution in [0.2, 0.25) is 0 Å².